The first kappa shape index (κ1) is 15.9. The quantitative estimate of drug-likeness (QED) is 0.791. The Morgan fingerprint density at radius 2 is 1.75 bits per heavy atom. The molecule has 0 spiro atoms. The Kier molecular flexibility index (Phi) is 5.60. The van der Waals surface area contributed by atoms with Crippen molar-refractivity contribution < 1.29 is 13.5 Å². The Labute approximate surface area is 128 Å². The molecule has 0 aliphatic heterocycles. The number of nitrogens with one attached hydrogen (secondary N) is 1. The highest BCUT2D eigenvalue weighted by Crippen LogP contribution is 2.24. The van der Waals surface area contributed by atoms with Gasteiger partial charge in [-0.2, -0.15) is 0 Å². The van der Waals surface area contributed by atoms with Gasteiger partial charge in [-0.3, -0.25) is 0 Å². The highest BCUT2D eigenvalue weighted by molar-refractivity contribution is 9.08. The van der Waals surface area contributed by atoms with Gasteiger partial charge in [0.05, 0.1) is 11.0 Å². The van der Waals surface area contributed by atoms with Gasteiger partial charge >= 0.3 is 0 Å². The summed E-state index contributed by atoms with van der Waals surface area (Å²) in [6.45, 7) is 0.454. The Morgan fingerprint density at radius 3 is 2.30 bits per heavy atom. The first-order valence-corrected chi connectivity index (χ1v) is 9.44. The van der Waals surface area contributed by atoms with Crippen LogP contribution in [0.4, 0.5) is 0 Å². The number of alkyl halides is 1. The summed E-state index contributed by atoms with van der Waals surface area (Å²) in [6, 6.07) is 6.87. The Morgan fingerprint density at radius 1 is 1.15 bits per heavy atom. The van der Waals surface area contributed by atoms with Gasteiger partial charge < -0.3 is 5.11 Å². The molecule has 1 aromatic rings. The number of benzene rings is 1. The van der Waals surface area contributed by atoms with E-state index < -0.39 is 10.0 Å². The highest BCUT2D eigenvalue weighted by atomic mass is 79.9. The lowest BCUT2D eigenvalue weighted by atomic mass is 9.88. The maximum absolute atomic E-state index is 12.2. The molecule has 0 amide bonds. The molecule has 1 aliphatic rings. The van der Waals surface area contributed by atoms with Gasteiger partial charge in [-0.05, 0) is 49.3 Å². The molecule has 6 heteroatoms. The van der Waals surface area contributed by atoms with E-state index in [1.54, 1.807) is 24.3 Å². The first-order valence-electron chi connectivity index (χ1n) is 6.84. The third-order valence-electron chi connectivity index (χ3n) is 3.77. The first-order chi connectivity index (χ1) is 9.51. The summed E-state index contributed by atoms with van der Waals surface area (Å²) >= 11 is 3.33. The van der Waals surface area contributed by atoms with E-state index in [2.05, 4.69) is 20.7 Å². The van der Waals surface area contributed by atoms with E-state index in [1.807, 2.05) is 0 Å². The monoisotopic (exact) mass is 361 g/mol. The predicted molar refractivity (Wildman–Crippen MR) is 82.2 cm³/mol. The van der Waals surface area contributed by atoms with E-state index in [-0.39, 0.29) is 6.10 Å². The molecule has 1 fully saturated rings. The van der Waals surface area contributed by atoms with Gasteiger partial charge in [0.1, 0.15) is 0 Å². The average molecular weight is 362 g/mol. The topological polar surface area (TPSA) is 66.4 Å². The molecule has 0 radical (unpaired) electrons. The molecule has 4 nitrogen and oxygen atoms in total. The molecule has 2 rings (SSSR count). The van der Waals surface area contributed by atoms with Crippen LogP contribution in [0.25, 0.3) is 0 Å². The zero-order valence-corrected chi connectivity index (χ0v) is 13.7. The van der Waals surface area contributed by atoms with Crippen molar-refractivity contribution in [2.24, 2.45) is 5.92 Å². The number of hydrogen-bond donors (Lipinski definition) is 2. The Balaban J connectivity index is 1.93. The van der Waals surface area contributed by atoms with Crippen molar-refractivity contribution in [2.75, 3.05) is 6.54 Å². The number of aliphatic hydroxyl groups excluding tert-OH is 1. The van der Waals surface area contributed by atoms with E-state index in [4.69, 9.17) is 0 Å². The zero-order chi connectivity index (χ0) is 14.6. The van der Waals surface area contributed by atoms with Gasteiger partial charge in [0.25, 0.3) is 0 Å². The molecule has 0 unspecified atom stereocenters. The van der Waals surface area contributed by atoms with Gasteiger partial charge in [0.2, 0.25) is 10.0 Å². The van der Waals surface area contributed by atoms with Crippen LogP contribution in [0.3, 0.4) is 0 Å². The SMILES string of the molecule is O=S(=O)(NCC1CCC(O)CC1)c1ccc(CBr)cc1. The lowest BCUT2D eigenvalue weighted by Gasteiger charge is -2.25. The summed E-state index contributed by atoms with van der Waals surface area (Å²) in [5, 5.41) is 10.2. The zero-order valence-electron chi connectivity index (χ0n) is 11.3. The summed E-state index contributed by atoms with van der Waals surface area (Å²) in [5.74, 6) is 0.329. The normalized spacial score (nSPS) is 23.7. The molecule has 112 valence electrons. The van der Waals surface area contributed by atoms with Crippen molar-refractivity contribution in [2.45, 2.75) is 42.0 Å². The van der Waals surface area contributed by atoms with Crippen LogP contribution in [-0.4, -0.2) is 26.2 Å². The molecule has 1 saturated carbocycles. The minimum atomic E-state index is -3.43. The van der Waals surface area contributed by atoms with Crippen molar-refractivity contribution in [3.05, 3.63) is 29.8 Å². The van der Waals surface area contributed by atoms with E-state index in [0.29, 0.717) is 22.7 Å². The molecule has 0 atom stereocenters. The van der Waals surface area contributed by atoms with Crippen molar-refractivity contribution in [3.63, 3.8) is 0 Å². The number of sulfonamides is 1. The summed E-state index contributed by atoms with van der Waals surface area (Å²) in [7, 11) is -3.43. The largest absolute Gasteiger partial charge is 0.393 e. The Hall–Kier alpha value is -0.430. The van der Waals surface area contributed by atoms with Crippen LogP contribution in [0, 0.1) is 5.92 Å². The smallest absolute Gasteiger partial charge is 0.240 e. The molecule has 2 N–H and O–H groups in total. The second-order valence-corrected chi connectivity index (χ2v) is 7.63. The number of aliphatic hydroxyl groups is 1. The fourth-order valence-electron chi connectivity index (χ4n) is 2.42. The van der Waals surface area contributed by atoms with Crippen LogP contribution in [0.1, 0.15) is 31.2 Å². The molecular formula is C14H20BrNO3S. The molecule has 20 heavy (non-hydrogen) atoms. The van der Waals surface area contributed by atoms with Gasteiger partial charge in [-0.25, -0.2) is 13.1 Å². The van der Waals surface area contributed by atoms with Crippen LogP contribution in [-0.2, 0) is 15.4 Å². The summed E-state index contributed by atoms with van der Waals surface area (Å²) in [6.07, 6.45) is 3.09. The number of halogens is 1. The van der Waals surface area contributed by atoms with Crippen LogP contribution in [0.15, 0.2) is 29.2 Å². The average Bonchev–Trinajstić information content (AvgIpc) is 2.47. The molecule has 1 aliphatic carbocycles. The van der Waals surface area contributed by atoms with Crippen LogP contribution >= 0.6 is 15.9 Å². The van der Waals surface area contributed by atoms with Crippen LogP contribution < -0.4 is 4.72 Å². The number of rotatable bonds is 5. The summed E-state index contributed by atoms with van der Waals surface area (Å²) in [4.78, 5) is 0.304. The second kappa shape index (κ2) is 7.02. The molecule has 0 saturated heterocycles. The van der Waals surface area contributed by atoms with Gasteiger partial charge in [0, 0.05) is 11.9 Å². The van der Waals surface area contributed by atoms with Crippen molar-refractivity contribution in [1.82, 2.24) is 4.72 Å². The Bertz CT molecular complexity index is 522. The van der Waals surface area contributed by atoms with Crippen molar-refractivity contribution in [1.29, 1.82) is 0 Å². The second-order valence-electron chi connectivity index (χ2n) is 5.30. The molecule has 0 heterocycles. The van der Waals surface area contributed by atoms with Gasteiger partial charge in [-0.1, -0.05) is 28.1 Å². The number of hydrogen-bond acceptors (Lipinski definition) is 3. The van der Waals surface area contributed by atoms with E-state index in [9.17, 15) is 13.5 Å². The predicted octanol–water partition coefficient (Wildman–Crippen LogP) is 2.41. The van der Waals surface area contributed by atoms with Crippen LogP contribution in [0.2, 0.25) is 0 Å². The van der Waals surface area contributed by atoms with E-state index in [1.165, 1.54) is 0 Å². The lowest BCUT2D eigenvalue weighted by Crippen LogP contribution is -2.32. The molecular weight excluding hydrogens is 342 g/mol. The molecule has 0 aromatic heterocycles. The molecule has 0 bridgehead atoms. The lowest BCUT2D eigenvalue weighted by molar-refractivity contribution is 0.109. The third-order valence-corrected chi connectivity index (χ3v) is 5.85. The highest BCUT2D eigenvalue weighted by Gasteiger charge is 2.21. The minimum absolute atomic E-state index is 0.209. The minimum Gasteiger partial charge on any atom is -0.393 e. The van der Waals surface area contributed by atoms with Crippen molar-refractivity contribution >= 4 is 26.0 Å². The maximum Gasteiger partial charge on any atom is 0.240 e. The fourth-order valence-corrected chi connectivity index (χ4v) is 3.91. The standard InChI is InChI=1S/C14H20BrNO3S/c15-9-11-3-7-14(8-4-11)20(18,19)16-10-12-1-5-13(17)6-2-12/h3-4,7-8,12-13,16-17H,1-2,5-6,9-10H2. The molecule has 1 aromatic carbocycles. The van der Waals surface area contributed by atoms with Gasteiger partial charge in [-0.15, -0.1) is 0 Å². The third kappa shape index (κ3) is 4.28. The van der Waals surface area contributed by atoms with E-state index in [0.717, 1.165) is 31.2 Å². The summed E-state index contributed by atoms with van der Waals surface area (Å²) in [5.41, 5.74) is 1.05. The maximum atomic E-state index is 12.2. The van der Waals surface area contributed by atoms with Crippen LogP contribution in [0.5, 0.6) is 0 Å². The summed E-state index contributed by atoms with van der Waals surface area (Å²) < 4.78 is 27.0. The fraction of sp³-hybridized carbons (Fsp3) is 0.571. The van der Waals surface area contributed by atoms with Crippen molar-refractivity contribution in [3.8, 4) is 0 Å². The van der Waals surface area contributed by atoms with Gasteiger partial charge in [0.15, 0.2) is 0 Å². The van der Waals surface area contributed by atoms with E-state index >= 15 is 0 Å².